The number of benzene rings is 2. The average Bonchev–Trinajstić information content (AvgIpc) is 3.57. The largest absolute Gasteiger partial charge is 0.489 e. The van der Waals surface area contributed by atoms with Crippen LogP contribution in [-0.2, 0) is 0 Å². The van der Waals surface area contributed by atoms with Gasteiger partial charge in [0.05, 0.1) is 11.7 Å². The van der Waals surface area contributed by atoms with E-state index in [0.717, 1.165) is 64.8 Å². The Kier molecular flexibility index (Phi) is 5.55. The van der Waals surface area contributed by atoms with Crippen LogP contribution in [0.3, 0.4) is 0 Å². The first-order chi connectivity index (χ1) is 18.7. The van der Waals surface area contributed by atoms with E-state index in [1.54, 1.807) is 18.5 Å². The van der Waals surface area contributed by atoms with E-state index in [1.165, 1.54) is 12.1 Å². The van der Waals surface area contributed by atoms with Gasteiger partial charge in [0, 0.05) is 28.9 Å². The van der Waals surface area contributed by atoms with Crippen LogP contribution in [0.25, 0.3) is 55.8 Å². The maximum Gasteiger partial charge on any atom is 0.160 e. The first-order valence-corrected chi connectivity index (χ1v) is 12.6. The van der Waals surface area contributed by atoms with E-state index in [2.05, 4.69) is 36.5 Å². The number of hydrogen-bond acceptors (Lipinski definition) is 6. The molecule has 188 valence electrons. The number of aromatic amines is 2. The molecule has 5 heterocycles. The maximum atomic E-state index is 13.9. The highest BCUT2D eigenvalue weighted by Gasteiger charge is 2.18. The van der Waals surface area contributed by atoms with Gasteiger partial charge in [0.25, 0.3) is 0 Å². The minimum absolute atomic E-state index is 0.204. The number of pyridine rings is 2. The van der Waals surface area contributed by atoms with Gasteiger partial charge in [0.2, 0.25) is 0 Å². The van der Waals surface area contributed by atoms with Gasteiger partial charge < -0.3 is 15.0 Å². The first-order valence-electron chi connectivity index (χ1n) is 12.6. The summed E-state index contributed by atoms with van der Waals surface area (Å²) >= 11 is 0. The molecule has 38 heavy (non-hydrogen) atoms. The van der Waals surface area contributed by atoms with Crippen LogP contribution in [0.15, 0.2) is 73.2 Å². The van der Waals surface area contributed by atoms with Crippen LogP contribution in [-0.4, -0.2) is 49.3 Å². The standard InChI is InChI=1S/C29H24FN7O/c30-20-3-1-2-18(12-20)23-8-11-33-28-26(23)34-29(35-28)27-24-14-17(4-5-25(24)36-37-27)19-13-22(16-32-15-19)38-21-6-9-31-10-7-21/h1-5,8,11-16,21,31H,6-7,9-10H2,(H,36,37)(H,33,34,35). The lowest BCUT2D eigenvalue weighted by molar-refractivity contribution is 0.162. The zero-order valence-electron chi connectivity index (χ0n) is 20.4. The van der Waals surface area contributed by atoms with Crippen molar-refractivity contribution in [1.29, 1.82) is 0 Å². The number of nitrogens with zero attached hydrogens (tertiary/aromatic N) is 4. The zero-order chi connectivity index (χ0) is 25.5. The Morgan fingerprint density at radius 2 is 1.84 bits per heavy atom. The predicted molar refractivity (Wildman–Crippen MR) is 144 cm³/mol. The minimum Gasteiger partial charge on any atom is -0.489 e. The number of piperidine rings is 1. The number of H-pyrrole nitrogens is 2. The molecule has 0 spiro atoms. The van der Waals surface area contributed by atoms with Crippen molar-refractivity contribution in [1.82, 2.24) is 35.5 Å². The molecule has 9 heteroatoms. The number of imidazole rings is 1. The summed E-state index contributed by atoms with van der Waals surface area (Å²) in [6, 6.07) is 16.5. The SMILES string of the molecule is Fc1cccc(-c2ccnc3[nH]c(-c4n[nH]c5ccc(-c6cncc(OC7CCNCC7)c6)cc45)nc23)c1. The molecule has 2 aromatic carbocycles. The molecule has 0 atom stereocenters. The highest BCUT2D eigenvalue weighted by Crippen LogP contribution is 2.33. The number of aromatic nitrogens is 6. The number of ether oxygens (including phenoxy) is 1. The van der Waals surface area contributed by atoms with Crippen molar-refractivity contribution in [2.75, 3.05) is 13.1 Å². The highest BCUT2D eigenvalue weighted by atomic mass is 19.1. The summed E-state index contributed by atoms with van der Waals surface area (Å²) in [4.78, 5) is 17.0. The summed E-state index contributed by atoms with van der Waals surface area (Å²) in [5.74, 6) is 1.06. The molecule has 0 saturated carbocycles. The van der Waals surface area contributed by atoms with Gasteiger partial charge in [-0.3, -0.25) is 10.1 Å². The summed E-state index contributed by atoms with van der Waals surface area (Å²) in [6.07, 6.45) is 7.48. The van der Waals surface area contributed by atoms with Crippen molar-refractivity contribution in [2.24, 2.45) is 0 Å². The Labute approximate surface area is 217 Å². The fourth-order valence-corrected chi connectivity index (χ4v) is 5.03. The van der Waals surface area contributed by atoms with Crippen molar-refractivity contribution in [2.45, 2.75) is 18.9 Å². The third kappa shape index (κ3) is 4.16. The number of rotatable bonds is 5. The molecular formula is C29H24FN7O. The molecule has 3 N–H and O–H groups in total. The summed E-state index contributed by atoms with van der Waals surface area (Å²) < 4.78 is 20.1. The van der Waals surface area contributed by atoms with Crippen molar-refractivity contribution < 1.29 is 9.13 Å². The van der Waals surface area contributed by atoms with E-state index in [-0.39, 0.29) is 11.9 Å². The van der Waals surface area contributed by atoms with Crippen LogP contribution in [0.1, 0.15) is 12.8 Å². The molecule has 1 fully saturated rings. The van der Waals surface area contributed by atoms with Crippen LogP contribution in [0.2, 0.25) is 0 Å². The Balaban J connectivity index is 1.26. The summed E-state index contributed by atoms with van der Waals surface area (Å²) in [5.41, 5.74) is 6.34. The molecule has 6 aromatic rings. The molecule has 8 nitrogen and oxygen atoms in total. The lowest BCUT2D eigenvalue weighted by atomic mass is 10.0. The maximum absolute atomic E-state index is 13.9. The number of halogens is 1. The lowest BCUT2D eigenvalue weighted by Gasteiger charge is -2.23. The molecule has 1 aliphatic rings. The van der Waals surface area contributed by atoms with Crippen LogP contribution < -0.4 is 10.1 Å². The van der Waals surface area contributed by atoms with E-state index in [9.17, 15) is 4.39 Å². The summed E-state index contributed by atoms with van der Waals surface area (Å²) in [6.45, 7) is 1.94. The van der Waals surface area contributed by atoms with Crippen molar-refractivity contribution >= 4 is 22.1 Å². The molecule has 0 amide bonds. The van der Waals surface area contributed by atoms with Crippen LogP contribution in [0.4, 0.5) is 4.39 Å². The van der Waals surface area contributed by atoms with E-state index in [1.807, 2.05) is 36.5 Å². The third-order valence-electron chi connectivity index (χ3n) is 6.94. The monoisotopic (exact) mass is 505 g/mol. The highest BCUT2D eigenvalue weighted by molar-refractivity contribution is 5.97. The van der Waals surface area contributed by atoms with Gasteiger partial charge in [-0.15, -0.1) is 0 Å². The number of hydrogen-bond donors (Lipinski definition) is 3. The third-order valence-corrected chi connectivity index (χ3v) is 6.94. The second-order valence-corrected chi connectivity index (χ2v) is 9.46. The first kappa shape index (κ1) is 22.6. The van der Waals surface area contributed by atoms with Crippen LogP contribution >= 0.6 is 0 Å². The molecule has 4 aromatic heterocycles. The van der Waals surface area contributed by atoms with Crippen molar-refractivity contribution in [3.63, 3.8) is 0 Å². The van der Waals surface area contributed by atoms with E-state index >= 15 is 0 Å². The summed E-state index contributed by atoms with van der Waals surface area (Å²) in [5, 5.41) is 11.9. The Hall–Kier alpha value is -4.63. The second kappa shape index (κ2) is 9.35. The van der Waals surface area contributed by atoms with E-state index in [0.29, 0.717) is 22.7 Å². The van der Waals surface area contributed by atoms with Gasteiger partial charge in [-0.05, 0) is 73.5 Å². The van der Waals surface area contributed by atoms with Gasteiger partial charge in [-0.2, -0.15) is 5.10 Å². The lowest BCUT2D eigenvalue weighted by Crippen LogP contribution is -2.34. The van der Waals surface area contributed by atoms with E-state index < -0.39 is 0 Å². The smallest absolute Gasteiger partial charge is 0.160 e. The van der Waals surface area contributed by atoms with Gasteiger partial charge in [-0.25, -0.2) is 14.4 Å². The molecule has 0 bridgehead atoms. The predicted octanol–water partition coefficient (Wildman–Crippen LogP) is 5.50. The average molecular weight is 506 g/mol. The topological polar surface area (TPSA) is 104 Å². The molecule has 1 aliphatic heterocycles. The quantitative estimate of drug-likeness (QED) is 0.286. The molecule has 0 aliphatic carbocycles. The van der Waals surface area contributed by atoms with Gasteiger partial charge in [0.1, 0.15) is 28.9 Å². The normalized spacial score (nSPS) is 14.3. The van der Waals surface area contributed by atoms with Crippen molar-refractivity contribution in [3.8, 4) is 39.5 Å². The zero-order valence-corrected chi connectivity index (χ0v) is 20.4. The second-order valence-electron chi connectivity index (χ2n) is 9.46. The Bertz CT molecular complexity index is 1770. The van der Waals surface area contributed by atoms with Crippen molar-refractivity contribution in [3.05, 3.63) is 79.0 Å². The van der Waals surface area contributed by atoms with Gasteiger partial charge in [0.15, 0.2) is 11.5 Å². The molecule has 0 radical (unpaired) electrons. The van der Waals surface area contributed by atoms with E-state index in [4.69, 9.17) is 9.72 Å². The number of fused-ring (bicyclic) bond motifs is 2. The van der Waals surface area contributed by atoms with Crippen LogP contribution in [0.5, 0.6) is 5.75 Å². The fourth-order valence-electron chi connectivity index (χ4n) is 5.03. The summed E-state index contributed by atoms with van der Waals surface area (Å²) in [7, 11) is 0. The van der Waals surface area contributed by atoms with Crippen LogP contribution in [0, 0.1) is 5.82 Å². The number of nitrogens with one attached hydrogen (secondary N) is 3. The molecule has 0 unspecified atom stereocenters. The molecular weight excluding hydrogens is 481 g/mol. The Morgan fingerprint density at radius 1 is 0.921 bits per heavy atom. The molecule has 7 rings (SSSR count). The van der Waals surface area contributed by atoms with Gasteiger partial charge >= 0.3 is 0 Å². The fraction of sp³-hybridized carbons (Fsp3) is 0.172. The minimum atomic E-state index is -0.297. The molecule has 1 saturated heterocycles. The Morgan fingerprint density at radius 3 is 2.74 bits per heavy atom. The van der Waals surface area contributed by atoms with Gasteiger partial charge in [-0.1, -0.05) is 18.2 Å².